The van der Waals surface area contributed by atoms with E-state index in [1.807, 2.05) is 61.7 Å². The van der Waals surface area contributed by atoms with Gasteiger partial charge in [-0.15, -0.1) is 0 Å². The fourth-order valence-electron chi connectivity index (χ4n) is 3.59. The maximum absolute atomic E-state index is 12.8. The molecule has 0 atom stereocenters. The van der Waals surface area contributed by atoms with E-state index in [0.717, 1.165) is 22.0 Å². The average molecular weight is 397 g/mol. The van der Waals surface area contributed by atoms with Crippen LogP contribution in [-0.2, 0) is 6.42 Å². The van der Waals surface area contributed by atoms with Crippen LogP contribution in [0, 0.1) is 6.92 Å². The number of para-hydroxylation sites is 1. The van der Waals surface area contributed by atoms with Crippen molar-refractivity contribution >= 4 is 28.1 Å². The van der Waals surface area contributed by atoms with Gasteiger partial charge >= 0.3 is 0 Å². The van der Waals surface area contributed by atoms with Crippen LogP contribution in [0.25, 0.3) is 16.6 Å². The van der Waals surface area contributed by atoms with E-state index in [2.05, 4.69) is 20.4 Å². The molecule has 1 amide bonds. The Balaban J connectivity index is 1.50. The van der Waals surface area contributed by atoms with Crippen LogP contribution in [0.2, 0.25) is 0 Å². The van der Waals surface area contributed by atoms with Gasteiger partial charge in [-0.2, -0.15) is 0 Å². The number of carbonyl (C=O) groups is 1. The quantitative estimate of drug-likeness (QED) is 0.432. The SMILES string of the molecule is Cc1ccc(NC(=O)c2c[nH]n3c(=O)cc(Cc4c[nH]c5ccccc45)nc23)cc1. The van der Waals surface area contributed by atoms with E-state index in [0.29, 0.717) is 29.0 Å². The number of anilines is 1. The molecule has 5 rings (SSSR count). The van der Waals surface area contributed by atoms with Crippen LogP contribution < -0.4 is 10.9 Å². The number of aromatic nitrogens is 4. The summed E-state index contributed by atoms with van der Waals surface area (Å²) in [5, 5.41) is 6.76. The Kier molecular flexibility index (Phi) is 4.21. The normalized spacial score (nSPS) is 11.2. The first-order valence-electron chi connectivity index (χ1n) is 9.61. The molecule has 0 fully saturated rings. The summed E-state index contributed by atoms with van der Waals surface area (Å²) in [6, 6.07) is 17.0. The summed E-state index contributed by atoms with van der Waals surface area (Å²) in [5.74, 6) is -0.325. The number of H-pyrrole nitrogens is 2. The number of nitrogens with one attached hydrogen (secondary N) is 3. The van der Waals surface area contributed by atoms with E-state index >= 15 is 0 Å². The first-order chi connectivity index (χ1) is 14.6. The van der Waals surface area contributed by atoms with Gasteiger partial charge in [0.25, 0.3) is 11.5 Å². The lowest BCUT2D eigenvalue weighted by Crippen LogP contribution is -2.18. The first kappa shape index (κ1) is 17.9. The second kappa shape index (κ2) is 7.04. The predicted molar refractivity (Wildman–Crippen MR) is 116 cm³/mol. The third-order valence-electron chi connectivity index (χ3n) is 5.15. The highest BCUT2D eigenvalue weighted by Gasteiger charge is 2.16. The lowest BCUT2D eigenvalue weighted by molar-refractivity contribution is 0.102. The van der Waals surface area contributed by atoms with Gasteiger partial charge in [-0.1, -0.05) is 35.9 Å². The van der Waals surface area contributed by atoms with Gasteiger partial charge in [0.2, 0.25) is 0 Å². The summed E-state index contributed by atoms with van der Waals surface area (Å²) < 4.78 is 1.28. The Bertz CT molecular complexity index is 1440. The number of aryl methyl sites for hydroxylation is 1. The van der Waals surface area contributed by atoms with E-state index in [1.54, 1.807) is 0 Å². The van der Waals surface area contributed by atoms with E-state index < -0.39 is 0 Å². The summed E-state index contributed by atoms with van der Waals surface area (Å²) in [5.41, 5.74) is 4.83. The van der Waals surface area contributed by atoms with Gasteiger partial charge < -0.3 is 10.3 Å². The zero-order chi connectivity index (χ0) is 20.7. The van der Waals surface area contributed by atoms with E-state index in [4.69, 9.17) is 0 Å². The van der Waals surface area contributed by atoms with Crippen molar-refractivity contribution in [2.45, 2.75) is 13.3 Å². The van der Waals surface area contributed by atoms with E-state index in [1.165, 1.54) is 16.8 Å². The number of benzene rings is 2. The Morgan fingerprint density at radius 3 is 2.73 bits per heavy atom. The summed E-state index contributed by atoms with van der Waals surface area (Å²) >= 11 is 0. The van der Waals surface area contributed by atoms with Crippen molar-refractivity contribution in [3.8, 4) is 0 Å². The van der Waals surface area contributed by atoms with Crippen LogP contribution in [0.3, 0.4) is 0 Å². The van der Waals surface area contributed by atoms with Crippen molar-refractivity contribution in [1.29, 1.82) is 0 Å². The molecule has 30 heavy (non-hydrogen) atoms. The molecule has 3 N–H and O–H groups in total. The van der Waals surface area contributed by atoms with Gasteiger partial charge in [-0.3, -0.25) is 14.7 Å². The molecule has 3 heterocycles. The number of fused-ring (bicyclic) bond motifs is 2. The molecule has 5 aromatic rings. The van der Waals surface area contributed by atoms with Crippen LogP contribution in [0.15, 0.2) is 71.8 Å². The van der Waals surface area contributed by atoms with Crippen molar-refractivity contribution in [3.05, 3.63) is 99.7 Å². The maximum atomic E-state index is 12.8. The summed E-state index contributed by atoms with van der Waals surface area (Å²) in [4.78, 5) is 33.2. The number of hydrogen-bond donors (Lipinski definition) is 3. The number of amides is 1. The second-order valence-electron chi connectivity index (χ2n) is 7.29. The molecule has 0 aliphatic carbocycles. The number of rotatable bonds is 4. The fourth-order valence-corrected chi connectivity index (χ4v) is 3.59. The number of hydrogen-bond acceptors (Lipinski definition) is 3. The summed E-state index contributed by atoms with van der Waals surface area (Å²) in [7, 11) is 0. The molecule has 0 bridgehead atoms. The fraction of sp³-hybridized carbons (Fsp3) is 0.0870. The van der Waals surface area contributed by atoms with E-state index in [9.17, 15) is 9.59 Å². The molecule has 2 aromatic carbocycles. The Labute approximate surface area is 171 Å². The summed E-state index contributed by atoms with van der Waals surface area (Å²) in [6.45, 7) is 1.98. The first-order valence-corrected chi connectivity index (χ1v) is 9.61. The highest BCUT2D eigenvalue weighted by atomic mass is 16.2. The van der Waals surface area contributed by atoms with Crippen molar-refractivity contribution in [1.82, 2.24) is 19.6 Å². The van der Waals surface area contributed by atoms with Gasteiger partial charge in [0, 0.05) is 41.5 Å². The Morgan fingerprint density at radius 2 is 1.90 bits per heavy atom. The highest BCUT2D eigenvalue weighted by molar-refractivity contribution is 6.08. The van der Waals surface area contributed by atoms with Gasteiger partial charge in [0.15, 0.2) is 5.65 Å². The number of nitrogens with zero attached hydrogens (tertiary/aromatic N) is 2. The lowest BCUT2D eigenvalue weighted by Gasteiger charge is -2.05. The van der Waals surface area contributed by atoms with E-state index in [-0.39, 0.29) is 11.5 Å². The molecule has 0 unspecified atom stereocenters. The molecule has 3 aromatic heterocycles. The van der Waals surface area contributed by atoms with Gasteiger partial charge in [0.1, 0.15) is 5.56 Å². The third-order valence-corrected chi connectivity index (χ3v) is 5.15. The Hall–Kier alpha value is -4.13. The molecule has 7 heteroatoms. The van der Waals surface area contributed by atoms with Gasteiger partial charge in [-0.25, -0.2) is 9.50 Å². The molecule has 0 spiro atoms. The van der Waals surface area contributed by atoms with Crippen molar-refractivity contribution < 1.29 is 4.79 Å². The van der Waals surface area contributed by atoms with Crippen molar-refractivity contribution in [2.75, 3.05) is 5.32 Å². The van der Waals surface area contributed by atoms with Gasteiger partial charge in [-0.05, 0) is 30.7 Å². The molecule has 0 aliphatic rings. The third kappa shape index (κ3) is 3.16. The van der Waals surface area contributed by atoms with Crippen LogP contribution in [0.1, 0.15) is 27.2 Å². The topological polar surface area (TPSA) is 95.0 Å². The smallest absolute Gasteiger partial charge is 0.272 e. The van der Waals surface area contributed by atoms with Crippen LogP contribution in [0.5, 0.6) is 0 Å². The molecule has 148 valence electrons. The van der Waals surface area contributed by atoms with Gasteiger partial charge in [0.05, 0.1) is 5.69 Å². The highest BCUT2D eigenvalue weighted by Crippen LogP contribution is 2.20. The largest absolute Gasteiger partial charge is 0.361 e. The zero-order valence-electron chi connectivity index (χ0n) is 16.3. The molecular weight excluding hydrogens is 378 g/mol. The minimum absolute atomic E-state index is 0.260. The molecule has 0 aliphatic heterocycles. The molecule has 7 nitrogen and oxygen atoms in total. The standard InChI is InChI=1S/C23H19N5O2/c1-14-6-8-16(9-7-14)27-23(30)19-13-25-28-21(29)11-17(26-22(19)28)10-15-12-24-20-5-3-2-4-18(15)20/h2-9,11-13,24-25H,10H2,1H3,(H,27,30). The Morgan fingerprint density at radius 1 is 1.10 bits per heavy atom. The van der Waals surface area contributed by atoms with Crippen LogP contribution in [-0.4, -0.2) is 25.5 Å². The summed E-state index contributed by atoms with van der Waals surface area (Å²) in [6.07, 6.45) is 3.92. The lowest BCUT2D eigenvalue weighted by atomic mass is 10.1. The minimum Gasteiger partial charge on any atom is -0.361 e. The minimum atomic E-state index is -0.325. The predicted octanol–water partition coefficient (Wildman–Crippen LogP) is 3.66. The van der Waals surface area contributed by atoms with Crippen molar-refractivity contribution in [3.63, 3.8) is 0 Å². The molecular formula is C23H19N5O2. The zero-order valence-corrected chi connectivity index (χ0v) is 16.3. The molecule has 0 saturated heterocycles. The number of carbonyl (C=O) groups excluding carboxylic acids is 1. The van der Waals surface area contributed by atoms with Crippen molar-refractivity contribution in [2.24, 2.45) is 0 Å². The maximum Gasteiger partial charge on any atom is 0.272 e. The van der Waals surface area contributed by atoms with Crippen LogP contribution >= 0.6 is 0 Å². The molecule has 0 radical (unpaired) electrons. The molecule has 0 saturated carbocycles. The monoisotopic (exact) mass is 397 g/mol. The number of aromatic amines is 2. The average Bonchev–Trinajstić information content (AvgIpc) is 3.35. The second-order valence-corrected chi connectivity index (χ2v) is 7.29. The van der Waals surface area contributed by atoms with Crippen LogP contribution in [0.4, 0.5) is 5.69 Å².